The van der Waals surface area contributed by atoms with Crippen LogP contribution in [0.2, 0.25) is 0 Å². The van der Waals surface area contributed by atoms with Crippen molar-refractivity contribution in [3.05, 3.63) is 142 Å². The Morgan fingerprint density at radius 2 is 1.08 bits per heavy atom. The molecule has 0 spiro atoms. The number of Topliss-reactive ketones (excluding diaryl/α,β-unsaturated/α-hetero) is 2. The highest BCUT2D eigenvalue weighted by Crippen LogP contribution is 2.46. The number of anilines is 2. The number of nitrogens with two attached hydrogens (primary N) is 6. The van der Waals surface area contributed by atoms with E-state index in [0.717, 1.165) is 40.1 Å². The molecule has 0 aromatic heterocycles. The van der Waals surface area contributed by atoms with Gasteiger partial charge in [0.25, 0.3) is 11.8 Å². The number of phenols is 1. The van der Waals surface area contributed by atoms with Crippen molar-refractivity contribution in [1.82, 2.24) is 0 Å². The smallest absolute Gasteiger partial charge is 0.491 e. The first-order valence-electron chi connectivity index (χ1n) is 22.5. The molecule has 378 valence electrons. The van der Waals surface area contributed by atoms with Gasteiger partial charge in [0.1, 0.15) is 12.2 Å². The summed E-state index contributed by atoms with van der Waals surface area (Å²) in [4.78, 5) is 72.3. The zero-order valence-corrected chi connectivity index (χ0v) is 38.8. The van der Waals surface area contributed by atoms with Gasteiger partial charge in [-0.3, -0.25) is 29.0 Å². The Kier molecular flexibility index (Phi) is 16.4. The first kappa shape index (κ1) is 53.6. The maximum atomic E-state index is 15.0. The van der Waals surface area contributed by atoms with Crippen LogP contribution < -0.4 is 48.9 Å². The quantitative estimate of drug-likeness (QED) is 0.0385. The van der Waals surface area contributed by atoms with Gasteiger partial charge in [-0.1, -0.05) is 48.5 Å². The van der Waals surface area contributed by atoms with E-state index in [4.69, 9.17) is 39.1 Å². The third kappa shape index (κ3) is 11.9. The Balaban J connectivity index is 1.45. The second-order valence-electron chi connectivity index (χ2n) is 17.9. The highest BCUT2D eigenvalue weighted by atomic mass is 19.4. The molecule has 71 heavy (non-hydrogen) atoms. The lowest BCUT2D eigenvalue weighted by atomic mass is 9.89. The van der Waals surface area contributed by atoms with Crippen LogP contribution in [-0.2, 0) is 41.6 Å². The number of rotatable bonds is 19. The van der Waals surface area contributed by atoms with Crippen LogP contribution in [0.1, 0.15) is 74.0 Å². The van der Waals surface area contributed by atoms with Gasteiger partial charge < -0.3 is 49.0 Å². The van der Waals surface area contributed by atoms with E-state index >= 15 is 4.39 Å². The lowest BCUT2D eigenvalue weighted by molar-refractivity contribution is -0.189. The van der Waals surface area contributed by atoms with Crippen molar-refractivity contribution in [2.75, 3.05) is 22.9 Å². The highest BCUT2D eigenvalue weighted by Gasteiger charge is 2.45. The second kappa shape index (κ2) is 21.7. The molecule has 13 N–H and O–H groups in total. The number of halogens is 5. The fraction of sp³-hybridized carbons (Fsp3) is 0.340. The van der Waals surface area contributed by atoms with Crippen molar-refractivity contribution in [3.8, 4) is 11.5 Å². The Bertz CT molecular complexity index is 2760. The van der Waals surface area contributed by atoms with Gasteiger partial charge in [0.05, 0.1) is 45.9 Å². The van der Waals surface area contributed by atoms with Crippen LogP contribution in [0.3, 0.4) is 0 Å². The number of fused-ring (bicyclic) bond motifs is 2. The number of para-hydroxylation sites is 2. The summed E-state index contributed by atoms with van der Waals surface area (Å²) in [5.41, 5.74) is 35.4. The number of ketones is 2. The van der Waals surface area contributed by atoms with E-state index in [9.17, 15) is 46.6 Å². The number of benzene rings is 4. The molecular weight excluding hydrogens is 936 g/mol. The van der Waals surface area contributed by atoms with Gasteiger partial charge in [-0.2, -0.15) is 13.2 Å². The molecule has 6 atom stereocenters. The Morgan fingerprint density at radius 3 is 1.49 bits per heavy atom. The van der Waals surface area contributed by atoms with Crippen LogP contribution in [0.5, 0.6) is 11.5 Å². The van der Waals surface area contributed by atoms with Crippen LogP contribution in [0.25, 0.3) is 0 Å². The zero-order chi connectivity index (χ0) is 52.2. The van der Waals surface area contributed by atoms with Crippen molar-refractivity contribution >= 4 is 40.7 Å². The van der Waals surface area contributed by atoms with Crippen molar-refractivity contribution in [2.24, 2.45) is 34.4 Å². The van der Waals surface area contributed by atoms with Crippen molar-refractivity contribution < 1.29 is 60.5 Å². The van der Waals surface area contributed by atoms with Gasteiger partial charge in [-0.25, -0.2) is 13.6 Å². The fourth-order valence-corrected chi connectivity index (χ4v) is 8.27. The molecule has 0 bridgehead atoms. The number of esters is 1. The molecular formula is C50H55F5N8O8. The van der Waals surface area contributed by atoms with E-state index in [2.05, 4.69) is 4.74 Å². The molecule has 6 rings (SSSR count). The van der Waals surface area contributed by atoms with Crippen molar-refractivity contribution in [3.63, 3.8) is 0 Å². The molecule has 4 aromatic rings. The zero-order valence-electron chi connectivity index (χ0n) is 38.8. The number of phenolic OH excluding ortho intramolecular Hbond substituents is 1. The van der Waals surface area contributed by atoms with Gasteiger partial charge in [0.2, 0.25) is 0 Å². The first-order chi connectivity index (χ1) is 33.4. The molecule has 0 radical (unpaired) electrons. The number of ether oxygens (including phenoxy) is 2. The summed E-state index contributed by atoms with van der Waals surface area (Å²) >= 11 is 0. The lowest BCUT2D eigenvalue weighted by Gasteiger charge is -2.41. The van der Waals surface area contributed by atoms with E-state index in [1.807, 2.05) is 0 Å². The Morgan fingerprint density at radius 1 is 0.662 bits per heavy atom. The first-order valence-corrected chi connectivity index (χ1v) is 22.5. The van der Waals surface area contributed by atoms with E-state index in [1.54, 1.807) is 48.5 Å². The van der Waals surface area contributed by atoms with E-state index in [-0.39, 0.29) is 66.2 Å². The lowest BCUT2D eigenvalue weighted by Crippen LogP contribution is -2.56. The van der Waals surface area contributed by atoms with Crippen LogP contribution >= 0.6 is 0 Å². The minimum Gasteiger partial charge on any atom is -0.505 e. The normalized spacial score (nSPS) is 18.2. The minimum atomic E-state index is -5.40. The van der Waals surface area contributed by atoms with Gasteiger partial charge in [0.15, 0.2) is 34.7 Å². The summed E-state index contributed by atoms with van der Waals surface area (Å²) in [5.74, 6) is -9.65. The van der Waals surface area contributed by atoms with Gasteiger partial charge in [-0.15, -0.1) is 0 Å². The number of carbonyl (C=O) groups excluding carboxylic acids is 5. The third-order valence-corrected chi connectivity index (χ3v) is 12.1. The van der Waals surface area contributed by atoms with Crippen molar-refractivity contribution in [2.45, 2.75) is 93.9 Å². The average Bonchev–Trinajstić information content (AvgIpc) is 3.33. The number of hydrogen-bond donors (Lipinski definition) is 7. The summed E-state index contributed by atoms with van der Waals surface area (Å²) in [6.45, 7) is 3.37. The molecule has 21 heteroatoms. The summed E-state index contributed by atoms with van der Waals surface area (Å²) in [5, 5.41) is 9.77. The SMILES string of the molecule is C[C@](N)(CCCN)C(=O)N1C(C(=O)[C@@H](N)Cc2ccc(O)c(F)c2)=CC(OC2C=C(C(=O)[C@@H](N)Cc3ccc(OC(=O)C(F)(F)F)c(F)c3)N(C(=O)[C@@](C)(N)CCCN)c3ccccc32)c2ccccc21. The molecule has 0 saturated carbocycles. The largest absolute Gasteiger partial charge is 0.505 e. The van der Waals surface area contributed by atoms with Gasteiger partial charge in [-0.05, 0) is 125 Å². The predicted octanol–water partition coefficient (Wildman–Crippen LogP) is 4.59. The van der Waals surface area contributed by atoms with E-state index in [0.29, 0.717) is 24.0 Å². The summed E-state index contributed by atoms with van der Waals surface area (Å²) < 4.78 is 79.0. The molecule has 2 amide bonds. The Labute approximate surface area is 405 Å². The monoisotopic (exact) mass is 990 g/mol. The predicted molar refractivity (Wildman–Crippen MR) is 252 cm³/mol. The molecule has 16 nitrogen and oxygen atoms in total. The third-order valence-electron chi connectivity index (χ3n) is 12.1. The topological polar surface area (TPSA) is 287 Å². The average molecular weight is 991 g/mol. The van der Waals surface area contributed by atoms with E-state index in [1.165, 1.54) is 32.1 Å². The second-order valence-corrected chi connectivity index (χ2v) is 17.9. The molecule has 0 fully saturated rings. The van der Waals surface area contributed by atoms with Gasteiger partial charge >= 0.3 is 12.1 Å². The molecule has 0 saturated heterocycles. The number of alkyl halides is 3. The van der Waals surface area contributed by atoms with Crippen LogP contribution in [0, 0.1) is 11.6 Å². The standard InChI is InChI=1S/C50H55F5N8O8/c1-48(60,17-7-19-56)45(67)62-35-11-5-3-9-29(35)41(25-37(62)43(65)33(58)23-27-13-15-39(64)31(51)21-27)70-42-26-38(63(36-12-6-4-10-30(36)42)46(68)49(2,61)18-8-20-57)44(66)34(59)24-28-14-16-40(32(52)22-28)71-47(69)50(53,54)55/h3-6,9-16,21-22,25-26,33-34,41-42,64H,7-8,17-20,23-24,56-61H2,1-2H3/t33-,34-,41?,42?,48-,49-/m0/s1. The number of carbonyl (C=O) groups is 5. The van der Waals surface area contributed by atoms with E-state index < -0.39 is 100 Å². The molecule has 0 aliphatic carbocycles. The summed E-state index contributed by atoms with van der Waals surface area (Å²) in [6, 6.07) is 16.1. The summed E-state index contributed by atoms with van der Waals surface area (Å²) in [6.07, 6.45) is -4.90. The van der Waals surface area contributed by atoms with Crippen LogP contribution in [-0.4, -0.2) is 76.9 Å². The maximum absolute atomic E-state index is 15.0. The fourth-order valence-electron chi connectivity index (χ4n) is 8.27. The molecule has 2 heterocycles. The summed E-state index contributed by atoms with van der Waals surface area (Å²) in [7, 11) is 0. The van der Waals surface area contributed by atoms with Gasteiger partial charge in [0, 0.05) is 11.1 Å². The van der Waals surface area contributed by atoms with Crippen molar-refractivity contribution in [1.29, 1.82) is 0 Å². The maximum Gasteiger partial charge on any atom is 0.491 e. The Hall–Kier alpha value is -6.72. The highest BCUT2D eigenvalue weighted by molar-refractivity contribution is 6.15. The molecule has 2 aliphatic heterocycles. The number of amides is 2. The molecule has 2 aliphatic rings. The number of nitrogens with zero attached hydrogens (tertiary/aromatic N) is 2. The minimum absolute atomic E-state index is 0.00913. The number of hydrogen-bond acceptors (Lipinski definition) is 14. The van der Waals surface area contributed by atoms with Crippen LogP contribution in [0.4, 0.5) is 33.3 Å². The van der Waals surface area contributed by atoms with Crippen LogP contribution in [0.15, 0.2) is 108 Å². The number of aromatic hydroxyl groups is 1. The molecule has 2 unspecified atom stereocenters. The molecule has 4 aromatic carbocycles.